The van der Waals surface area contributed by atoms with Crippen LogP contribution in [0.25, 0.3) is 0 Å². The molecule has 0 atom stereocenters. The van der Waals surface area contributed by atoms with Crippen LogP contribution in [0.15, 0.2) is 18.2 Å². The van der Waals surface area contributed by atoms with Gasteiger partial charge in [-0.3, -0.25) is 14.5 Å². The van der Waals surface area contributed by atoms with Gasteiger partial charge in [-0.25, -0.2) is 0 Å². The standard InChI is InChI=1S/C24H34N2O3/c27-22(21-8-7-19-5-4-6-20(19)17-21)9-10-23(28)25-18-24(11-2-1-3-12-24)26-13-15-29-16-14-26/h7-8,17H,1-6,9-16,18H2,(H,25,28). The molecule has 3 aliphatic rings. The second kappa shape index (κ2) is 9.40. The van der Waals surface area contributed by atoms with Gasteiger partial charge in [-0.15, -0.1) is 0 Å². The van der Waals surface area contributed by atoms with Crippen LogP contribution < -0.4 is 5.32 Å². The van der Waals surface area contributed by atoms with Crippen molar-refractivity contribution in [2.45, 2.75) is 69.7 Å². The van der Waals surface area contributed by atoms with E-state index in [4.69, 9.17) is 4.74 Å². The normalized spacial score (nSPS) is 21.5. The number of nitrogens with zero attached hydrogens (tertiary/aromatic N) is 1. The number of hydrogen-bond acceptors (Lipinski definition) is 4. The van der Waals surface area contributed by atoms with Gasteiger partial charge in [0.25, 0.3) is 0 Å². The highest BCUT2D eigenvalue weighted by Crippen LogP contribution is 2.34. The Labute approximate surface area is 174 Å². The Balaban J connectivity index is 1.28. The van der Waals surface area contributed by atoms with E-state index in [0.717, 1.165) is 57.6 Å². The number of amides is 1. The molecule has 1 saturated heterocycles. The number of Topliss-reactive ketones (excluding diaryl/α,β-unsaturated/α-hetero) is 1. The predicted molar refractivity (Wildman–Crippen MR) is 113 cm³/mol. The maximum atomic E-state index is 12.6. The van der Waals surface area contributed by atoms with Crippen LogP contribution in [0.5, 0.6) is 0 Å². The van der Waals surface area contributed by atoms with Gasteiger partial charge >= 0.3 is 0 Å². The van der Waals surface area contributed by atoms with Crippen LogP contribution in [-0.4, -0.2) is 55.0 Å². The number of carbonyl (C=O) groups excluding carboxylic acids is 2. The molecule has 1 aromatic carbocycles. The number of morpholine rings is 1. The highest BCUT2D eigenvalue weighted by atomic mass is 16.5. The summed E-state index contributed by atoms with van der Waals surface area (Å²) in [5, 5.41) is 3.17. The minimum absolute atomic E-state index is 0.00211. The van der Waals surface area contributed by atoms with E-state index in [1.807, 2.05) is 12.1 Å². The number of ether oxygens (including phenoxy) is 1. The zero-order valence-electron chi connectivity index (χ0n) is 17.5. The molecule has 0 spiro atoms. The molecule has 1 aliphatic heterocycles. The van der Waals surface area contributed by atoms with Crippen LogP contribution in [0.1, 0.15) is 72.9 Å². The average molecular weight is 399 g/mol. The Hall–Kier alpha value is -1.72. The molecule has 0 aromatic heterocycles. The molecule has 0 bridgehead atoms. The zero-order chi connectivity index (χ0) is 20.1. The molecule has 5 nitrogen and oxygen atoms in total. The molecule has 0 radical (unpaired) electrons. The van der Waals surface area contributed by atoms with E-state index in [2.05, 4.69) is 16.3 Å². The molecule has 5 heteroatoms. The van der Waals surface area contributed by atoms with Crippen molar-refractivity contribution in [1.29, 1.82) is 0 Å². The number of nitrogens with one attached hydrogen (secondary N) is 1. The number of rotatable bonds is 7. The van der Waals surface area contributed by atoms with Crippen molar-refractivity contribution in [2.24, 2.45) is 0 Å². The maximum absolute atomic E-state index is 12.6. The summed E-state index contributed by atoms with van der Waals surface area (Å²) in [6, 6.07) is 6.06. The lowest BCUT2D eigenvalue weighted by Crippen LogP contribution is -2.59. The number of fused-ring (bicyclic) bond motifs is 1. The summed E-state index contributed by atoms with van der Waals surface area (Å²) in [4.78, 5) is 27.6. The molecular weight excluding hydrogens is 364 g/mol. The summed E-state index contributed by atoms with van der Waals surface area (Å²) < 4.78 is 5.53. The topological polar surface area (TPSA) is 58.6 Å². The van der Waals surface area contributed by atoms with Crippen LogP contribution in [0.2, 0.25) is 0 Å². The molecule has 2 aliphatic carbocycles. The lowest BCUT2D eigenvalue weighted by molar-refractivity contribution is -0.122. The first-order valence-corrected chi connectivity index (χ1v) is 11.4. The van der Waals surface area contributed by atoms with Crippen LogP contribution in [0.4, 0.5) is 0 Å². The first-order chi connectivity index (χ1) is 14.2. The van der Waals surface area contributed by atoms with Crippen molar-refractivity contribution in [1.82, 2.24) is 10.2 Å². The second-order valence-corrected chi connectivity index (χ2v) is 8.92. The third kappa shape index (κ3) is 4.89. The van der Waals surface area contributed by atoms with Crippen molar-refractivity contribution in [3.8, 4) is 0 Å². The van der Waals surface area contributed by atoms with Crippen LogP contribution in [0.3, 0.4) is 0 Å². The molecule has 158 valence electrons. The third-order valence-electron chi connectivity index (χ3n) is 7.08. The monoisotopic (exact) mass is 398 g/mol. The Morgan fingerprint density at radius 3 is 2.52 bits per heavy atom. The first kappa shape index (κ1) is 20.5. The molecular formula is C24H34N2O3. The predicted octanol–water partition coefficient (Wildman–Crippen LogP) is 3.29. The fraction of sp³-hybridized carbons (Fsp3) is 0.667. The Morgan fingerprint density at radius 2 is 1.72 bits per heavy atom. The summed E-state index contributed by atoms with van der Waals surface area (Å²) >= 11 is 0. The molecule has 1 N–H and O–H groups in total. The average Bonchev–Trinajstić information content (AvgIpc) is 3.25. The molecule has 1 aromatic rings. The lowest BCUT2D eigenvalue weighted by Gasteiger charge is -2.48. The van der Waals surface area contributed by atoms with Crippen molar-refractivity contribution < 1.29 is 14.3 Å². The molecule has 0 unspecified atom stereocenters. The Morgan fingerprint density at radius 1 is 0.966 bits per heavy atom. The van der Waals surface area contributed by atoms with E-state index < -0.39 is 0 Å². The molecule has 1 saturated carbocycles. The van der Waals surface area contributed by atoms with Gasteiger partial charge in [0.1, 0.15) is 0 Å². The highest BCUT2D eigenvalue weighted by Gasteiger charge is 2.38. The van der Waals surface area contributed by atoms with E-state index in [9.17, 15) is 9.59 Å². The Bertz CT molecular complexity index is 734. The van der Waals surface area contributed by atoms with E-state index in [1.54, 1.807) is 0 Å². The van der Waals surface area contributed by atoms with E-state index in [-0.39, 0.29) is 30.1 Å². The number of carbonyl (C=O) groups is 2. The van der Waals surface area contributed by atoms with Crippen molar-refractivity contribution in [2.75, 3.05) is 32.8 Å². The number of aryl methyl sites for hydroxylation is 2. The largest absolute Gasteiger partial charge is 0.379 e. The summed E-state index contributed by atoms with van der Waals surface area (Å²) in [6.07, 6.45) is 9.95. The quantitative estimate of drug-likeness (QED) is 0.716. The van der Waals surface area contributed by atoms with E-state index >= 15 is 0 Å². The number of ketones is 1. The molecule has 2 fully saturated rings. The van der Waals surface area contributed by atoms with Crippen molar-refractivity contribution >= 4 is 11.7 Å². The lowest BCUT2D eigenvalue weighted by atomic mass is 9.79. The van der Waals surface area contributed by atoms with Crippen molar-refractivity contribution in [3.05, 3.63) is 34.9 Å². The van der Waals surface area contributed by atoms with Crippen LogP contribution in [-0.2, 0) is 22.4 Å². The van der Waals surface area contributed by atoms with Crippen molar-refractivity contribution in [3.63, 3.8) is 0 Å². The smallest absolute Gasteiger partial charge is 0.220 e. The van der Waals surface area contributed by atoms with Gasteiger partial charge in [0, 0.05) is 43.6 Å². The van der Waals surface area contributed by atoms with Gasteiger partial charge in [0.2, 0.25) is 5.91 Å². The SMILES string of the molecule is O=C(CCC(=O)c1ccc2c(c1)CCC2)NCC1(N2CCOCC2)CCCCC1. The minimum Gasteiger partial charge on any atom is -0.379 e. The molecule has 1 heterocycles. The summed E-state index contributed by atoms with van der Waals surface area (Å²) in [6.45, 7) is 4.16. The van der Waals surface area contributed by atoms with Crippen LogP contribution >= 0.6 is 0 Å². The van der Waals surface area contributed by atoms with Gasteiger partial charge in [-0.1, -0.05) is 31.4 Å². The number of hydrogen-bond donors (Lipinski definition) is 1. The summed E-state index contributed by atoms with van der Waals surface area (Å²) in [5.74, 6) is 0.0770. The fourth-order valence-electron chi connectivity index (χ4n) is 5.32. The number of benzene rings is 1. The molecule has 29 heavy (non-hydrogen) atoms. The summed E-state index contributed by atoms with van der Waals surface area (Å²) in [5.41, 5.74) is 3.52. The fourth-order valence-corrected chi connectivity index (χ4v) is 5.32. The first-order valence-electron chi connectivity index (χ1n) is 11.4. The third-order valence-corrected chi connectivity index (χ3v) is 7.08. The summed E-state index contributed by atoms with van der Waals surface area (Å²) in [7, 11) is 0. The Kier molecular flexibility index (Phi) is 6.66. The second-order valence-electron chi connectivity index (χ2n) is 8.92. The zero-order valence-corrected chi connectivity index (χ0v) is 17.5. The van der Waals surface area contributed by atoms with E-state index in [0.29, 0.717) is 6.54 Å². The molecule has 4 rings (SSSR count). The molecule has 1 amide bonds. The van der Waals surface area contributed by atoms with Crippen LogP contribution in [0, 0.1) is 0 Å². The highest BCUT2D eigenvalue weighted by molar-refractivity contribution is 5.98. The van der Waals surface area contributed by atoms with Gasteiger partial charge < -0.3 is 10.1 Å². The van der Waals surface area contributed by atoms with Gasteiger partial charge in [0.05, 0.1) is 13.2 Å². The van der Waals surface area contributed by atoms with Gasteiger partial charge in [-0.2, -0.15) is 0 Å². The maximum Gasteiger partial charge on any atom is 0.220 e. The van der Waals surface area contributed by atoms with Gasteiger partial charge in [-0.05, 0) is 49.3 Å². The minimum atomic E-state index is -0.00211. The van der Waals surface area contributed by atoms with E-state index in [1.165, 1.54) is 36.8 Å². The van der Waals surface area contributed by atoms with Gasteiger partial charge in [0.15, 0.2) is 5.78 Å².